The third kappa shape index (κ3) is 3.31. The number of hydrogen-bond acceptors (Lipinski definition) is 5. The summed E-state index contributed by atoms with van der Waals surface area (Å²) in [4.78, 5) is 16.1. The second kappa shape index (κ2) is 7.23. The highest BCUT2D eigenvalue weighted by Crippen LogP contribution is 2.22. The molecule has 2 aromatic heterocycles. The normalized spacial score (nSPS) is 13.0. The molecule has 6 nitrogen and oxygen atoms in total. The Labute approximate surface area is 145 Å². The molecule has 3 aromatic rings. The molecule has 1 unspecified atom stereocenters. The second-order valence-electron chi connectivity index (χ2n) is 5.28. The maximum Gasteiger partial charge on any atom is 0.141 e. The van der Waals surface area contributed by atoms with Crippen LogP contribution in [0.4, 0.5) is 0 Å². The van der Waals surface area contributed by atoms with Crippen LogP contribution in [0.15, 0.2) is 66.7 Å². The van der Waals surface area contributed by atoms with Crippen molar-refractivity contribution >= 4 is 22.8 Å². The lowest BCUT2D eigenvalue weighted by atomic mass is 10.0. The predicted molar refractivity (Wildman–Crippen MR) is 98.6 cm³/mol. The first kappa shape index (κ1) is 16.1. The van der Waals surface area contributed by atoms with Crippen molar-refractivity contribution in [2.45, 2.75) is 6.04 Å². The number of aliphatic imine (C=N–C) groups is 1. The van der Waals surface area contributed by atoms with Crippen LogP contribution in [-0.2, 0) is 0 Å². The van der Waals surface area contributed by atoms with Crippen LogP contribution < -0.4 is 5.73 Å². The van der Waals surface area contributed by atoms with Gasteiger partial charge in [0.25, 0.3) is 0 Å². The Hall–Kier alpha value is -3.72. The van der Waals surface area contributed by atoms with E-state index in [0.29, 0.717) is 16.8 Å². The van der Waals surface area contributed by atoms with Crippen LogP contribution in [0.3, 0.4) is 0 Å². The number of hydrogen-bond donors (Lipinski definition) is 2. The molecule has 3 N–H and O–H groups in total. The smallest absolute Gasteiger partial charge is 0.141 e. The summed E-state index contributed by atoms with van der Waals surface area (Å²) >= 11 is 0. The third-order valence-corrected chi connectivity index (χ3v) is 3.76. The molecule has 1 atom stereocenters. The first-order valence-corrected chi connectivity index (χ1v) is 7.63. The minimum absolute atomic E-state index is 0.285. The average molecular weight is 328 g/mol. The molecule has 0 saturated carbocycles. The second-order valence-corrected chi connectivity index (χ2v) is 5.28. The Morgan fingerprint density at radius 1 is 1.36 bits per heavy atom. The molecule has 0 aliphatic rings. The van der Waals surface area contributed by atoms with Gasteiger partial charge in [-0.05, 0) is 23.8 Å². The van der Waals surface area contributed by atoms with Crippen molar-refractivity contribution in [3.8, 4) is 6.07 Å². The first-order valence-electron chi connectivity index (χ1n) is 7.63. The number of aromatic nitrogens is 3. The quantitative estimate of drug-likeness (QED) is 0.554. The fourth-order valence-corrected chi connectivity index (χ4v) is 2.52. The highest BCUT2D eigenvalue weighted by Gasteiger charge is 2.10. The Morgan fingerprint density at radius 2 is 2.24 bits per heavy atom. The number of nitrogens with one attached hydrogen (secondary N) is 1. The van der Waals surface area contributed by atoms with Gasteiger partial charge in [-0.25, -0.2) is 9.97 Å². The minimum Gasteiger partial charge on any atom is -0.404 e. The number of nitriles is 1. The van der Waals surface area contributed by atoms with Crippen molar-refractivity contribution in [2.75, 3.05) is 0 Å². The lowest BCUT2D eigenvalue weighted by Crippen LogP contribution is -1.99. The maximum atomic E-state index is 9.04. The molecule has 122 valence electrons. The van der Waals surface area contributed by atoms with Gasteiger partial charge in [0.05, 0.1) is 23.4 Å². The molecule has 0 spiro atoms. The van der Waals surface area contributed by atoms with Gasteiger partial charge in [-0.2, -0.15) is 5.26 Å². The zero-order chi connectivity index (χ0) is 17.6. The van der Waals surface area contributed by atoms with E-state index < -0.39 is 0 Å². The minimum atomic E-state index is -0.285. The number of H-pyrrole nitrogens is 1. The van der Waals surface area contributed by atoms with Crippen molar-refractivity contribution in [2.24, 2.45) is 10.7 Å². The van der Waals surface area contributed by atoms with Gasteiger partial charge < -0.3 is 10.7 Å². The van der Waals surface area contributed by atoms with Crippen molar-refractivity contribution in [1.29, 1.82) is 5.26 Å². The Morgan fingerprint density at radius 3 is 3.00 bits per heavy atom. The summed E-state index contributed by atoms with van der Waals surface area (Å²) in [7, 11) is 0. The van der Waals surface area contributed by atoms with Gasteiger partial charge >= 0.3 is 0 Å². The lowest BCUT2D eigenvalue weighted by molar-refractivity contribution is 0.921. The van der Waals surface area contributed by atoms with E-state index in [-0.39, 0.29) is 6.04 Å². The van der Waals surface area contributed by atoms with Crippen LogP contribution in [0.2, 0.25) is 0 Å². The summed E-state index contributed by atoms with van der Waals surface area (Å²) in [5.74, 6) is 0. The van der Waals surface area contributed by atoms with Gasteiger partial charge in [-0.15, -0.1) is 6.58 Å². The molecular weight excluding hydrogens is 312 g/mol. The zero-order valence-electron chi connectivity index (χ0n) is 13.4. The van der Waals surface area contributed by atoms with Gasteiger partial charge in [0.2, 0.25) is 0 Å². The molecule has 6 heteroatoms. The molecule has 1 aromatic carbocycles. The highest BCUT2D eigenvalue weighted by molar-refractivity contribution is 6.13. The molecule has 2 heterocycles. The molecule has 0 aliphatic heterocycles. The van der Waals surface area contributed by atoms with E-state index in [2.05, 4.69) is 32.6 Å². The Kier molecular flexibility index (Phi) is 4.67. The molecule has 0 radical (unpaired) electrons. The largest absolute Gasteiger partial charge is 0.404 e. The fraction of sp³-hybridized carbons (Fsp3) is 0.0526. The van der Waals surface area contributed by atoms with E-state index in [9.17, 15) is 0 Å². The van der Waals surface area contributed by atoms with Crippen molar-refractivity contribution in [3.05, 3.63) is 78.5 Å². The molecule has 0 aliphatic carbocycles. The standard InChI is InChI=1S/C19H16N6/c1-2-17(14-5-3-4-13(8-14)9-20)23-11-15(10-21)18-16-6-7-22-19(16)25-12-24-18/h2-8,10-12,17H,1,21H2,(H,22,24,25). The van der Waals surface area contributed by atoms with Gasteiger partial charge in [-0.1, -0.05) is 18.2 Å². The molecule has 3 rings (SSSR count). The Balaban J connectivity index is 1.94. The number of fused-ring (bicyclic) bond motifs is 1. The first-order chi connectivity index (χ1) is 12.3. The van der Waals surface area contributed by atoms with Crippen molar-refractivity contribution in [3.63, 3.8) is 0 Å². The number of nitrogens with zero attached hydrogens (tertiary/aromatic N) is 4. The van der Waals surface area contributed by atoms with Crippen LogP contribution >= 0.6 is 0 Å². The van der Waals surface area contributed by atoms with Crippen molar-refractivity contribution < 1.29 is 0 Å². The summed E-state index contributed by atoms with van der Waals surface area (Å²) in [5.41, 5.74) is 9.36. The van der Waals surface area contributed by atoms with Gasteiger partial charge in [0.1, 0.15) is 12.0 Å². The predicted octanol–water partition coefficient (Wildman–Crippen LogP) is 3.13. The fourth-order valence-electron chi connectivity index (χ4n) is 2.52. The van der Waals surface area contributed by atoms with Crippen LogP contribution in [0.25, 0.3) is 16.6 Å². The Bertz CT molecular complexity index is 1010. The summed E-state index contributed by atoms with van der Waals surface area (Å²) in [6.45, 7) is 3.83. The van der Waals surface area contributed by atoms with Crippen LogP contribution in [0.5, 0.6) is 0 Å². The summed E-state index contributed by atoms with van der Waals surface area (Å²) < 4.78 is 0. The maximum absolute atomic E-state index is 9.04. The summed E-state index contributed by atoms with van der Waals surface area (Å²) in [6.07, 6.45) is 8.12. The molecule has 0 fully saturated rings. The van der Waals surface area contributed by atoms with E-state index in [1.807, 2.05) is 18.2 Å². The van der Waals surface area contributed by atoms with Gasteiger partial charge in [-0.3, -0.25) is 4.99 Å². The topological polar surface area (TPSA) is 104 Å². The van der Waals surface area contributed by atoms with E-state index in [1.165, 1.54) is 12.5 Å². The van der Waals surface area contributed by atoms with E-state index in [4.69, 9.17) is 11.0 Å². The number of aromatic amines is 1. The number of benzene rings is 1. The molecular formula is C19H16N6. The highest BCUT2D eigenvalue weighted by atomic mass is 14.9. The van der Waals surface area contributed by atoms with Gasteiger partial charge in [0.15, 0.2) is 0 Å². The van der Waals surface area contributed by atoms with E-state index in [1.54, 1.807) is 30.6 Å². The monoisotopic (exact) mass is 328 g/mol. The lowest BCUT2D eigenvalue weighted by Gasteiger charge is -2.09. The molecule has 25 heavy (non-hydrogen) atoms. The molecule has 0 amide bonds. The van der Waals surface area contributed by atoms with Crippen molar-refractivity contribution in [1.82, 2.24) is 15.0 Å². The third-order valence-electron chi connectivity index (χ3n) is 3.76. The summed E-state index contributed by atoms with van der Waals surface area (Å²) in [6, 6.07) is 11.0. The van der Waals surface area contributed by atoms with Crippen LogP contribution in [0, 0.1) is 11.3 Å². The number of nitrogens with two attached hydrogens (primary N) is 1. The SMILES string of the molecule is C=CC(N=CC(=CN)c1ncnc2[nH]ccc12)c1cccc(C#N)c1. The van der Waals surface area contributed by atoms with Gasteiger partial charge in [0, 0.05) is 29.6 Å². The summed E-state index contributed by atoms with van der Waals surface area (Å²) in [5, 5.41) is 9.91. The van der Waals surface area contributed by atoms with E-state index in [0.717, 1.165) is 16.6 Å². The average Bonchev–Trinajstić information content (AvgIpc) is 3.14. The molecule has 0 bridgehead atoms. The van der Waals surface area contributed by atoms with E-state index >= 15 is 0 Å². The van der Waals surface area contributed by atoms with Crippen LogP contribution in [-0.4, -0.2) is 21.2 Å². The number of rotatable bonds is 5. The number of allylic oxidation sites excluding steroid dienone is 1. The van der Waals surface area contributed by atoms with Crippen LogP contribution in [0.1, 0.15) is 22.9 Å². The zero-order valence-corrected chi connectivity index (χ0v) is 13.4. The molecule has 0 saturated heterocycles.